The van der Waals surface area contributed by atoms with Crippen LogP contribution in [0.3, 0.4) is 0 Å². The molecule has 0 saturated heterocycles. The predicted octanol–water partition coefficient (Wildman–Crippen LogP) is 2.61. The Bertz CT molecular complexity index is 164. The van der Waals surface area contributed by atoms with E-state index in [9.17, 15) is 5.11 Å². The summed E-state index contributed by atoms with van der Waals surface area (Å²) in [6.07, 6.45) is 6.82. The van der Waals surface area contributed by atoms with Crippen molar-refractivity contribution in [1.29, 1.82) is 0 Å². The highest BCUT2D eigenvalue weighted by Crippen LogP contribution is 2.37. The van der Waals surface area contributed by atoms with E-state index in [1.54, 1.807) is 0 Å². The maximum atomic E-state index is 9.19. The Balaban J connectivity index is 2.71. The molecule has 1 aliphatic rings. The van der Waals surface area contributed by atoms with Gasteiger partial charge in [-0.25, -0.2) is 0 Å². The topological polar surface area (TPSA) is 20.2 Å². The number of allylic oxidation sites excluding steroid dienone is 2. The van der Waals surface area contributed by atoms with Gasteiger partial charge in [-0.1, -0.05) is 32.9 Å². The van der Waals surface area contributed by atoms with Crippen LogP contribution >= 0.6 is 0 Å². The van der Waals surface area contributed by atoms with E-state index in [2.05, 4.69) is 32.9 Å². The van der Waals surface area contributed by atoms with Gasteiger partial charge in [0, 0.05) is 6.61 Å². The van der Waals surface area contributed by atoms with Gasteiger partial charge in [-0.3, -0.25) is 0 Å². The summed E-state index contributed by atoms with van der Waals surface area (Å²) >= 11 is 0. The van der Waals surface area contributed by atoms with Crippen molar-refractivity contribution in [3.05, 3.63) is 12.2 Å². The fourth-order valence-electron chi connectivity index (χ4n) is 2.09. The molecule has 0 radical (unpaired) electrons. The molecule has 1 heteroatoms. The molecule has 0 aliphatic heterocycles. The first-order valence-corrected chi connectivity index (χ1v) is 4.83. The Kier molecular flexibility index (Phi) is 2.94. The molecule has 1 rings (SSSR count). The molecule has 0 fully saturated rings. The van der Waals surface area contributed by atoms with Crippen LogP contribution < -0.4 is 0 Å². The van der Waals surface area contributed by atoms with Crippen LogP contribution in [0.2, 0.25) is 0 Å². The van der Waals surface area contributed by atoms with Crippen LogP contribution in [-0.2, 0) is 0 Å². The van der Waals surface area contributed by atoms with E-state index in [1.165, 1.54) is 0 Å². The third kappa shape index (κ3) is 2.10. The zero-order chi connectivity index (χ0) is 9.19. The summed E-state index contributed by atoms with van der Waals surface area (Å²) < 4.78 is 0. The number of hydrogen-bond donors (Lipinski definition) is 1. The maximum Gasteiger partial charge on any atom is 0.0465 e. The van der Waals surface area contributed by atoms with E-state index in [0.29, 0.717) is 23.9 Å². The maximum absolute atomic E-state index is 9.19. The lowest BCUT2D eigenvalue weighted by molar-refractivity contribution is 0.118. The van der Waals surface area contributed by atoms with E-state index in [0.717, 1.165) is 12.8 Å². The lowest BCUT2D eigenvalue weighted by atomic mass is 9.70. The van der Waals surface area contributed by atoms with Crippen LogP contribution in [0.4, 0.5) is 0 Å². The molecule has 2 atom stereocenters. The van der Waals surface area contributed by atoms with Crippen molar-refractivity contribution >= 4 is 0 Å². The van der Waals surface area contributed by atoms with Crippen LogP contribution in [0.5, 0.6) is 0 Å². The number of aliphatic hydroxyl groups is 1. The second kappa shape index (κ2) is 3.61. The SMILES string of the molecule is CC(C)(C)[C@H]1C=CCC[C@@H]1CO. The minimum absolute atomic E-state index is 0.296. The normalized spacial score (nSPS) is 30.7. The van der Waals surface area contributed by atoms with Gasteiger partial charge in [0.05, 0.1) is 0 Å². The van der Waals surface area contributed by atoms with Gasteiger partial charge in [0.25, 0.3) is 0 Å². The molecule has 0 aromatic heterocycles. The smallest absolute Gasteiger partial charge is 0.0465 e. The Labute approximate surface area is 75.5 Å². The molecule has 0 amide bonds. The Morgan fingerprint density at radius 3 is 2.50 bits per heavy atom. The minimum Gasteiger partial charge on any atom is -0.396 e. The summed E-state index contributed by atoms with van der Waals surface area (Å²) in [6, 6.07) is 0. The quantitative estimate of drug-likeness (QED) is 0.597. The fourth-order valence-corrected chi connectivity index (χ4v) is 2.09. The fraction of sp³-hybridized carbons (Fsp3) is 0.818. The Morgan fingerprint density at radius 1 is 1.42 bits per heavy atom. The molecule has 1 aliphatic carbocycles. The van der Waals surface area contributed by atoms with Crippen LogP contribution in [0, 0.1) is 17.3 Å². The second-order valence-electron chi connectivity index (χ2n) is 4.84. The number of hydrogen-bond acceptors (Lipinski definition) is 1. The number of aliphatic hydroxyl groups excluding tert-OH is 1. The van der Waals surface area contributed by atoms with E-state index in [-0.39, 0.29) is 0 Å². The number of rotatable bonds is 1. The van der Waals surface area contributed by atoms with E-state index in [4.69, 9.17) is 0 Å². The van der Waals surface area contributed by atoms with Crippen molar-refractivity contribution in [3.63, 3.8) is 0 Å². The largest absolute Gasteiger partial charge is 0.396 e. The van der Waals surface area contributed by atoms with Gasteiger partial charge < -0.3 is 5.11 Å². The molecular weight excluding hydrogens is 148 g/mol. The van der Waals surface area contributed by atoms with Crippen LogP contribution in [-0.4, -0.2) is 11.7 Å². The summed E-state index contributed by atoms with van der Waals surface area (Å²) in [6.45, 7) is 7.08. The van der Waals surface area contributed by atoms with Gasteiger partial charge in [-0.05, 0) is 30.1 Å². The summed E-state index contributed by atoms with van der Waals surface area (Å²) in [7, 11) is 0. The standard InChI is InChI=1S/C11H20O/c1-11(2,3)10-7-5-4-6-9(10)8-12/h5,7,9-10,12H,4,6,8H2,1-3H3/t9-,10+/m1/s1. The van der Waals surface area contributed by atoms with Gasteiger partial charge in [0.1, 0.15) is 0 Å². The Hall–Kier alpha value is -0.300. The summed E-state index contributed by atoms with van der Waals surface area (Å²) in [5.74, 6) is 1.03. The van der Waals surface area contributed by atoms with E-state index < -0.39 is 0 Å². The molecule has 0 unspecified atom stereocenters. The third-order valence-electron chi connectivity index (χ3n) is 2.79. The van der Waals surface area contributed by atoms with Crippen LogP contribution in [0.1, 0.15) is 33.6 Å². The van der Waals surface area contributed by atoms with Crippen molar-refractivity contribution in [2.45, 2.75) is 33.6 Å². The molecular formula is C11H20O. The van der Waals surface area contributed by atoms with Gasteiger partial charge in [-0.2, -0.15) is 0 Å². The van der Waals surface area contributed by atoms with Gasteiger partial charge in [0.2, 0.25) is 0 Å². The Morgan fingerprint density at radius 2 is 2.08 bits per heavy atom. The van der Waals surface area contributed by atoms with Gasteiger partial charge >= 0.3 is 0 Å². The molecule has 0 heterocycles. The first-order chi connectivity index (χ1) is 5.55. The van der Waals surface area contributed by atoms with Crippen molar-refractivity contribution in [2.75, 3.05) is 6.61 Å². The van der Waals surface area contributed by atoms with Crippen LogP contribution in [0.15, 0.2) is 12.2 Å². The average Bonchev–Trinajstić information content (AvgIpc) is 2.03. The molecule has 0 bridgehead atoms. The molecule has 0 aromatic rings. The third-order valence-corrected chi connectivity index (χ3v) is 2.79. The highest BCUT2D eigenvalue weighted by Gasteiger charge is 2.30. The zero-order valence-electron chi connectivity index (χ0n) is 8.38. The summed E-state index contributed by atoms with van der Waals surface area (Å²) in [5, 5.41) is 9.19. The molecule has 12 heavy (non-hydrogen) atoms. The molecule has 70 valence electrons. The highest BCUT2D eigenvalue weighted by atomic mass is 16.3. The van der Waals surface area contributed by atoms with Gasteiger partial charge in [-0.15, -0.1) is 0 Å². The highest BCUT2D eigenvalue weighted by molar-refractivity contribution is 5.01. The molecule has 1 N–H and O–H groups in total. The van der Waals surface area contributed by atoms with Crippen molar-refractivity contribution in [2.24, 2.45) is 17.3 Å². The van der Waals surface area contributed by atoms with E-state index in [1.807, 2.05) is 0 Å². The average molecular weight is 168 g/mol. The second-order valence-corrected chi connectivity index (χ2v) is 4.84. The summed E-state index contributed by atoms with van der Waals surface area (Å²) in [5.41, 5.74) is 0.296. The monoisotopic (exact) mass is 168 g/mol. The molecule has 1 nitrogen and oxygen atoms in total. The first kappa shape index (κ1) is 9.79. The van der Waals surface area contributed by atoms with Gasteiger partial charge in [0.15, 0.2) is 0 Å². The first-order valence-electron chi connectivity index (χ1n) is 4.83. The van der Waals surface area contributed by atoms with E-state index >= 15 is 0 Å². The van der Waals surface area contributed by atoms with Crippen molar-refractivity contribution in [3.8, 4) is 0 Å². The van der Waals surface area contributed by atoms with Crippen LogP contribution in [0.25, 0.3) is 0 Å². The molecule has 0 aromatic carbocycles. The molecule has 0 spiro atoms. The summed E-state index contributed by atoms with van der Waals surface area (Å²) in [4.78, 5) is 0. The molecule has 0 saturated carbocycles. The zero-order valence-corrected chi connectivity index (χ0v) is 8.38. The van der Waals surface area contributed by atoms with Crippen molar-refractivity contribution in [1.82, 2.24) is 0 Å². The van der Waals surface area contributed by atoms with Crippen molar-refractivity contribution < 1.29 is 5.11 Å². The predicted molar refractivity (Wildman–Crippen MR) is 51.9 cm³/mol. The minimum atomic E-state index is 0.296. The lowest BCUT2D eigenvalue weighted by Gasteiger charge is -2.36. The lowest BCUT2D eigenvalue weighted by Crippen LogP contribution is -2.30.